The topological polar surface area (TPSA) is 102 Å². The van der Waals surface area contributed by atoms with Crippen molar-refractivity contribution in [2.75, 3.05) is 19.7 Å². The van der Waals surface area contributed by atoms with E-state index >= 15 is 0 Å². The molecule has 3 heterocycles. The summed E-state index contributed by atoms with van der Waals surface area (Å²) in [6.07, 6.45) is 2.39. The Morgan fingerprint density at radius 2 is 2.14 bits per heavy atom. The van der Waals surface area contributed by atoms with Crippen molar-refractivity contribution in [2.45, 2.75) is 58.0 Å². The van der Waals surface area contributed by atoms with Crippen LogP contribution in [0.1, 0.15) is 34.1 Å². The van der Waals surface area contributed by atoms with Crippen LogP contribution in [0.4, 0.5) is 0 Å². The number of allylic oxidation sites excluding steroid dienone is 1. The first-order valence-corrected chi connectivity index (χ1v) is 9.51. The van der Waals surface area contributed by atoms with Crippen LogP contribution in [0.5, 0.6) is 0 Å². The molecule has 0 aliphatic carbocycles. The molecule has 0 radical (unpaired) electrons. The van der Waals surface area contributed by atoms with Crippen LogP contribution >= 0.6 is 0 Å². The largest absolute Gasteiger partial charge is 0.459 e. The molecular formula is C20H27NO7. The van der Waals surface area contributed by atoms with Gasteiger partial charge >= 0.3 is 17.9 Å². The molecule has 5 atom stereocenters. The molecule has 154 valence electrons. The Morgan fingerprint density at radius 3 is 2.79 bits per heavy atom. The number of carbonyl (C=O) groups excluding carboxylic acids is 3. The van der Waals surface area contributed by atoms with Gasteiger partial charge in [0.1, 0.15) is 6.61 Å². The van der Waals surface area contributed by atoms with Crippen molar-refractivity contribution in [3.8, 4) is 0 Å². The summed E-state index contributed by atoms with van der Waals surface area (Å²) in [6.45, 7) is 7.07. The zero-order valence-corrected chi connectivity index (χ0v) is 16.6. The van der Waals surface area contributed by atoms with Crippen molar-refractivity contribution >= 4 is 17.9 Å². The second-order valence-corrected chi connectivity index (χ2v) is 7.84. The van der Waals surface area contributed by atoms with Gasteiger partial charge in [0, 0.05) is 25.6 Å². The zero-order chi connectivity index (χ0) is 20.6. The standard InChI is InChI=1S/C20H27NO7/c1-5-13-8-11(2)20(4,25)19(24)26-10-14-6-7-21-9-15(28-18(13)23)17(16(14)21)27-12(3)22/h5-6,11,15-17,25H,7-10H2,1-4H3/b13-5+/t11-,15-,16-,17-,20-/m1/s1. The molecule has 0 aromatic heterocycles. The second kappa shape index (κ2) is 7.67. The molecule has 0 spiro atoms. The van der Waals surface area contributed by atoms with E-state index in [0.29, 0.717) is 18.7 Å². The van der Waals surface area contributed by atoms with Crippen molar-refractivity contribution in [1.29, 1.82) is 0 Å². The number of aliphatic hydroxyl groups is 1. The maximum atomic E-state index is 12.7. The lowest BCUT2D eigenvalue weighted by Gasteiger charge is -2.29. The van der Waals surface area contributed by atoms with Gasteiger partial charge in [-0.25, -0.2) is 9.59 Å². The molecule has 8 heteroatoms. The van der Waals surface area contributed by atoms with Crippen molar-refractivity contribution < 1.29 is 33.7 Å². The van der Waals surface area contributed by atoms with Gasteiger partial charge in [0.15, 0.2) is 17.8 Å². The van der Waals surface area contributed by atoms with E-state index in [1.165, 1.54) is 13.8 Å². The molecule has 0 saturated carbocycles. The van der Waals surface area contributed by atoms with Crippen molar-refractivity contribution in [1.82, 2.24) is 4.90 Å². The molecule has 28 heavy (non-hydrogen) atoms. The lowest BCUT2D eigenvalue weighted by Crippen LogP contribution is -2.44. The SMILES string of the molecule is C/C=C1\C[C@@H](C)[C@@](C)(O)C(=O)OCC2=CCN3C[C@@H](OC1=O)[C@@H](OC(C)=O)[C@@H]23. The Kier molecular flexibility index (Phi) is 5.63. The van der Waals surface area contributed by atoms with Crippen LogP contribution in [-0.4, -0.2) is 71.5 Å². The first-order valence-electron chi connectivity index (χ1n) is 9.51. The van der Waals surface area contributed by atoms with Gasteiger partial charge in [-0.15, -0.1) is 0 Å². The zero-order valence-electron chi connectivity index (χ0n) is 16.6. The fraction of sp³-hybridized carbons (Fsp3) is 0.650. The highest BCUT2D eigenvalue weighted by Crippen LogP contribution is 2.35. The molecule has 3 rings (SSSR count). The summed E-state index contributed by atoms with van der Waals surface area (Å²) in [5.74, 6) is -2.31. The van der Waals surface area contributed by atoms with Crippen molar-refractivity contribution in [2.24, 2.45) is 5.92 Å². The van der Waals surface area contributed by atoms with Gasteiger partial charge < -0.3 is 19.3 Å². The Bertz CT molecular complexity index is 739. The molecule has 0 unspecified atom stereocenters. The van der Waals surface area contributed by atoms with E-state index in [9.17, 15) is 19.5 Å². The summed E-state index contributed by atoms with van der Waals surface area (Å²) in [5.41, 5.74) is -0.633. The van der Waals surface area contributed by atoms with Gasteiger partial charge in [0.05, 0.1) is 6.04 Å². The number of fused-ring (bicyclic) bond motifs is 1. The van der Waals surface area contributed by atoms with Crippen LogP contribution in [0.2, 0.25) is 0 Å². The smallest absolute Gasteiger partial charge is 0.338 e. The van der Waals surface area contributed by atoms with Gasteiger partial charge in [-0.3, -0.25) is 9.69 Å². The van der Waals surface area contributed by atoms with Crippen LogP contribution in [-0.2, 0) is 28.6 Å². The summed E-state index contributed by atoms with van der Waals surface area (Å²) in [5, 5.41) is 10.7. The molecule has 0 aromatic carbocycles. The summed E-state index contributed by atoms with van der Waals surface area (Å²) >= 11 is 0. The summed E-state index contributed by atoms with van der Waals surface area (Å²) < 4.78 is 16.6. The average molecular weight is 393 g/mol. The van der Waals surface area contributed by atoms with Crippen molar-refractivity contribution in [3.63, 3.8) is 0 Å². The third-order valence-electron chi connectivity index (χ3n) is 5.89. The number of cyclic esters (lactones) is 1. The molecule has 1 N–H and O–H groups in total. The molecule has 8 nitrogen and oxygen atoms in total. The normalized spacial score (nSPS) is 38.0. The molecular weight excluding hydrogens is 366 g/mol. The van der Waals surface area contributed by atoms with Gasteiger partial charge in [-0.1, -0.05) is 19.1 Å². The molecule has 3 aliphatic heterocycles. The number of hydrogen-bond acceptors (Lipinski definition) is 8. The Balaban J connectivity index is 1.96. The molecule has 2 fully saturated rings. The number of carbonyl (C=O) groups is 3. The minimum absolute atomic E-state index is 0.0161. The highest BCUT2D eigenvalue weighted by atomic mass is 16.6. The molecule has 3 aliphatic rings. The van der Waals surface area contributed by atoms with Gasteiger partial charge in [0.2, 0.25) is 0 Å². The van der Waals surface area contributed by atoms with E-state index in [2.05, 4.69) is 0 Å². The van der Waals surface area contributed by atoms with Gasteiger partial charge in [-0.05, 0) is 31.8 Å². The molecule has 0 aromatic rings. The number of esters is 3. The first-order chi connectivity index (χ1) is 13.1. The summed E-state index contributed by atoms with van der Waals surface area (Å²) in [6, 6.07) is -0.327. The van der Waals surface area contributed by atoms with E-state index in [-0.39, 0.29) is 19.1 Å². The van der Waals surface area contributed by atoms with E-state index in [4.69, 9.17) is 14.2 Å². The van der Waals surface area contributed by atoms with Crippen LogP contribution in [0.3, 0.4) is 0 Å². The summed E-state index contributed by atoms with van der Waals surface area (Å²) in [7, 11) is 0. The van der Waals surface area contributed by atoms with E-state index in [1.807, 2.05) is 11.0 Å². The Morgan fingerprint density at radius 1 is 1.43 bits per heavy atom. The lowest BCUT2D eigenvalue weighted by molar-refractivity contribution is -0.168. The highest BCUT2D eigenvalue weighted by molar-refractivity contribution is 5.89. The van der Waals surface area contributed by atoms with Crippen LogP contribution in [0, 0.1) is 5.92 Å². The first kappa shape index (κ1) is 20.5. The third kappa shape index (κ3) is 3.71. The quantitative estimate of drug-likeness (QED) is 0.301. The monoisotopic (exact) mass is 393 g/mol. The minimum atomic E-state index is -1.75. The molecule has 2 bridgehead atoms. The van der Waals surface area contributed by atoms with E-state index in [0.717, 1.165) is 5.57 Å². The molecule has 2 saturated heterocycles. The predicted octanol–water partition coefficient (Wildman–Crippen LogP) is 0.734. The predicted molar refractivity (Wildman–Crippen MR) is 98.0 cm³/mol. The third-order valence-corrected chi connectivity index (χ3v) is 5.89. The van der Waals surface area contributed by atoms with Gasteiger partial charge in [0.25, 0.3) is 0 Å². The van der Waals surface area contributed by atoms with Crippen LogP contribution in [0.15, 0.2) is 23.3 Å². The maximum Gasteiger partial charge on any atom is 0.338 e. The fourth-order valence-corrected chi connectivity index (χ4v) is 3.99. The molecule has 0 amide bonds. The number of nitrogens with zero attached hydrogens (tertiary/aromatic N) is 1. The maximum absolute atomic E-state index is 12.7. The highest BCUT2D eigenvalue weighted by Gasteiger charge is 2.50. The minimum Gasteiger partial charge on any atom is -0.459 e. The fourth-order valence-electron chi connectivity index (χ4n) is 3.99. The second-order valence-electron chi connectivity index (χ2n) is 7.84. The summed E-state index contributed by atoms with van der Waals surface area (Å²) in [4.78, 5) is 38.9. The van der Waals surface area contributed by atoms with E-state index in [1.54, 1.807) is 19.9 Å². The van der Waals surface area contributed by atoms with E-state index < -0.39 is 41.6 Å². The Hall–Kier alpha value is -2.19. The number of rotatable bonds is 1. The van der Waals surface area contributed by atoms with Crippen molar-refractivity contribution in [3.05, 3.63) is 23.3 Å². The number of hydrogen-bond donors (Lipinski definition) is 1. The number of ether oxygens (including phenoxy) is 3. The average Bonchev–Trinajstić information content (AvgIpc) is 3.16. The van der Waals surface area contributed by atoms with Gasteiger partial charge in [-0.2, -0.15) is 0 Å². The van der Waals surface area contributed by atoms with Crippen LogP contribution in [0.25, 0.3) is 0 Å². The Labute approximate surface area is 164 Å². The van der Waals surface area contributed by atoms with Crippen LogP contribution < -0.4 is 0 Å². The lowest BCUT2D eigenvalue weighted by atomic mass is 9.85.